The van der Waals surface area contributed by atoms with Gasteiger partial charge in [0.05, 0.1) is 5.69 Å². The Morgan fingerprint density at radius 2 is 2.28 bits per heavy atom. The molecule has 0 aliphatic heterocycles. The number of aromatic nitrogens is 4. The van der Waals surface area contributed by atoms with E-state index in [0.29, 0.717) is 16.6 Å². The minimum Gasteiger partial charge on any atom is -0.478 e. The van der Waals surface area contributed by atoms with Crippen molar-refractivity contribution in [1.29, 1.82) is 0 Å². The van der Waals surface area contributed by atoms with Gasteiger partial charge in [0.15, 0.2) is 5.16 Å². The van der Waals surface area contributed by atoms with Crippen LogP contribution in [0.15, 0.2) is 29.9 Å². The van der Waals surface area contributed by atoms with E-state index in [1.54, 1.807) is 12.3 Å². The van der Waals surface area contributed by atoms with Gasteiger partial charge in [-0.15, -0.1) is 0 Å². The van der Waals surface area contributed by atoms with Crippen LogP contribution in [0.5, 0.6) is 0 Å². The molecule has 18 heavy (non-hydrogen) atoms. The standard InChI is InChI=1S/C11H10N4O2S/c1-7-2-3-13-11(15-7)18-5-9-8(10(16)17)4-12-6-14-9/h2-4,6H,5H2,1H3,(H,16,17). The first-order valence-corrected chi connectivity index (χ1v) is 6.10. The van der Waals surface area contributed by atoms with E-state index in [1.165, 1.54) is 24.3 Å². The van der Waals surface area contributed by atoms with Gasteiger partial charge >= 0.3 is 5.97 Å². The number of carbonyl (C=O) groups is 1. The molecule has 92 valence electrons. The van der Waals surface area contributed by atoms with Crippen LogP contribution in [0.3, 0.4) is 0 Å². The van der Waals surface area contributed by atoms with E-state index in [1.807, 2.05) is 6.92 Å². The van der Waals surface area contributed by atoms with Crippen LogP contribution in [0.25, 0.3) is 0 Å². The van der Waals surface area contributed by atoms with Crippen LogP contribution < -0.4 is 0 Å². The Kier molecular flexibility index (Phi) is 3.83. The molecule has 2 heterocycles. The number of carboxylic acid groups (broad SMARTS) is 1. The predicted molar refractivity (Wildman–Crippen MR) is 65.3 cm³/mol. The number of aromatic carboxylic acids is 1. The van der Waals surface area contributed by atoms with Crippen LogP contribution in [0.2, 0.25) is 0 Å². The summed E-state index contributed by atoms with van der Waals surface area (Å²) in [4.78, 5) is 27.0. The molecule has 0 atom stereocenters. The van der Waals surface area contributed by atoms with Crippen LogP contribution in [0.4, 0.5) is 0 Å². The van der Waals surface area contributed by atoms with Crippen molar-refractivity contribution in [3.8, 4) is 0 Å². The summed E-state index contributed by atoms with van der Waals surface area (Å²) in [6, 6.07) is 1.80. The van der Waals surface area contributed by atoms with Gasteiger partial charge in [-0.3, -0.25) is 0 Å². The third kappa shape index (κ3) is 3.01. The molecule has 1 N–H and O–H groups in total. The Balaban J connectivity index is 2.13. The lowest BCUT2D eigenvalue weighted by atomic mass is 10.2. The van der Waals surface area contributed by atoms with Gasteiger partial charge in [-0.2, -0.15) is 0 Å². The molecule has 0 amide bonds. The lowest BCUT2D eigenvalue weighted by Gasteiger charge is -2.03. The number of carboxylic acids is 1. The molecule has 0 fully saturated rings. The van der Waals surface area contributed by atoms with E-state index >= 15 is 0 Å². The molecule has 0 aliphatic carbocycles. The molecule has 0 aromatic carbocycles. The first kappa shape index (κ1) is 12.4. The number of thioether (sulfide) groups is 1. The first-order chi connectivity index (χ1) is 8.66. The number of nitrogens with zero attached hydrogens (tertiary/aromatic N) is 4. The maximum absolute atomic E-state index is 11.0. The molecule has 0 unspecified atom stereocenters. The highest BCUT2D eigenvalue weighted by Crippen LogP contribution is 2.19. The summed E-state index contributed by atoms with van der Waals surface area (Å²) in [5.41, 5.74) is 1.44. The zero-order valence-electron chi connectivity index (χ0n) is 9.57. The fourth-order valence-electron chi connectivity index (χ4n) is 1.28. The molecule has 0 saturated heterocycles. The number of hydrogen-bond donors (Lipinski definition) is 1. The van der Waals surface area contributed by atoms with Crippen molar-refractivity contribution < 1.29 is 9.90 Å². The molecule has 0 radical (unpaired) electrons. The molecule has 2 aromatic rings. The molecule has 2 rings (SSSR count). The average molecular weight is 262 g/mol. The summed E-state index contributed by atoms with van der Waals surface area (Å²) in [5, 5.41) is 9.59. The molecular formula is C11H10N4O2S. The van der Waals surface area contributed by atoms with Crippen molar-refractivity contribution >= 4 is 17.7 Å². The van der Waals surface area contributed by atoms with Gasteiger partial charge in [0, 0.05) is 23.8 Å². The molecule has 0 aliphatic rings. The molecular weight excluding hydrogens is 252 g/mol. The minimum absolute atomic E-state index is 0.109. The molecule has 0 spiro atoms. The molecule has 7 heteroatoms. The molecule has 0 bridgehead atoms. The lowest BCUT2D eigenvalue weighted by Crippen LogP contribution is -2.04. The van der Waals surface area contributed by atoms with Gasteiger partial charge in [-0.05, 0) is 13.0 Å². The second-order valence-corrected chi connectivity index (χ2v) is 4.40. The van der Waals surface area contributed by atoms with Crippen molar-refractivity contribution in [1.82, 2.24) is 19.9 Å². The predicted octanol–water partition coefficient (Wildman–Crippen LogP) is 1.57. The van der Waals surface area contributed by atoms with Gasteiger partial charge in [0.2, 0.25) is 0 Å². The Bertz CT molecular complexity index is 576. The van der Waals surface area contributed by atoms with E-state index in [9.17, 15) is 4.79 Å². The van der Waals surface area contributed by atoms with Gasteiger partial charge < -0.3 is 5.11 Å². The van der Waals surface area contributed by atoms with E-state index in [-0.39, 0.29) is 5.56 Å². The minimum atomic E-state index is -1.03. The average Bonchev–Trinajstić information content (AvgIpc) is 2.37. The smallest absolute Gasteiger partial charge is 0.339 e. The van der Waals surface area contributed by atoms with E-state index < -0.39 is 5.97 Å². The topological polar surface area (TPSA) is 88.9 Å². The highest BCUT2D eigenvalue weighted by molar-refractivity contribution is 7.98. The van der Waals surface area contributed by atoms with Gasteiger partial charge in [-0.25, -0.2) is 24.7 Å². The van der Waals surface area contributed by atoms with Crippen molar-refractivity contribution in [2.75, 3.05) is 0 Å². The summed E-state index contributed by atoms with van der Waals surface area (Å²) in [6.45, 7) is 1.87. The van der Waals surface area contributed by atoms with Crippen molar-refractivity contribution in [3.05, 3.63) is 41.7 Å². The largest absolute Gasteiger partial charge is 0.478 e. The van der Waals surface area contributed by atoms with Gasteiger partial charge in [-0.1, -0.05) is 11.8 Å². The Morgan fingerprint density at radius 1 is 1.44 bits per heavy atom. The second kappa shape index (κ2) is 5.54. The Hall–Kier alpha value is -2.02. The Labute approximate surface area is 108 Å². The zero-order chi connectivity index (χ0) is 13.0. The molecule has 0 saturated carbocycles. The third-order valence-electron chi connectivity index (χ3n) is 2.14. The van der Waals surface area contributed by atoms with Crippen molar-refractivity contribution in [2.24, 2.45) is 0 Å². The highest BCUT2D eigenvalue weighted by atomic mass is 32.2. The summed E-state index contributed by atoms with van der Waals surface area (Å²) < 4.78 is 0. The van der Waals surface area contributed by atoms with Crippen molar-refractivity contribution in [2.45, 2.75) is 17.8 Å². The van der Waals surface area contributed by atoms with Crippen LogP contribution in [-0.2, 0) is 5.75 Å². The summed E-state index contributed by atoms with van der Waals surface area (Å²) in [5.74, 6) is -0.635. The van der Waals surface area contributed by atoms with Crippen LogP contribution in [-0.4, -0.2) is 31.0 Å². The van der Waals surface area contributed by atoms with E-state index in [0.717, 1.165) is 5.69 Å². The summed E-state index contributed by atoms with van der Waals surface area (Å²) in [7, 11) is 0. The Morgan fingerprint density at radius 3 is 3.00 bits per heavy atom. The second-order valence-electron chi connectivity index (χ2n) is 3.46. The first-order valence-electron chi connectivity index (χ1n) is 5.11. The van der Waals surface area contributed by atoms with Crippen LogP contribution in [0.1, 0.15) is 21.7 Å². The summed E-state index contributed by atoms with van der Waals surface area (Å²) in [6.07, 6.45) is 4.30. The van der Waals surface area contributed by atoms with Crippen LogP contribution in [0, 0.1) is 6.92 Å². The van der Waals surface area contributed by atoms with E-state index in [2.05, 4.69) is 19.9 Å². The fraction of sp³-hybridized carbons (Fsp3) is 0.182. The maximum Gasteiger partial charge on any atom is 0.339 e. The fourth-order valence-corrected chi connectivity index (χ4v) is 2.12. The quantitative estimate of drug-likeness (QED) is 0.660. The highest BCUT2D eigenvalue weighted by Gasteiger charge is 2.12. The molecule has 6 nitrogen and oxygen atoms in total. The monoisotopic (exact) mass is 262 g/mol. The van der Waals surface area contributed by atoms with E-state index in [4.69, 9.17) is 5.11 Å². The van der Waals surface area contributed by atoms with Gasteiger partial charge in [0.1, 0.15) is 11.9 Å². The number of hydrogen-bond acceptors (Lipinski definition) is 6. The van der Waals surface area contributed by atoms with Gasteiger partial charge in [0.25, 0.3) is 0 Å². The number of aryl methyl sites for hydroxylation is 1. The maximum atomic E-state index is 11.0. The number of rotatable bonds is 4. The summed E-state index contributed by atoms with van der Waals surface area (Å²) >= 11 is 1.34. The SMILES string of the molecule is Cc1ccnc(SCc2ncncc2C(=O)O)n1. The molecule has 2 aromatic heterocycles. The zero-order valence-corrected chi connectivity index (χ0v) is 10.4. The van der Waals surface area contributed by atoms with Crippen LogP contribution >= 0.6 is 11.8 Å². The third-order valence-corrected chi connectivity index (χ3v) is 3.01. The normalized spacial score (nSPS) is 10.3. The van der Waals surface area contributed by atoms with Crippen molar-refractivity contribution in [3.63, 3.8) is 0 Å². The lowest BCUT2D eigenvalue weighted by molar-refractivity contribution is 0.0695.